The van der Waals surface area contributed by atoms with E-state index >= 15 is 0 Å². The number of aromatic amines is 1. The van der Waals surface area contributed by atoms with Crippen molar-refractivity contribution in [1.82, 2.24) is 9.88 Å². The second kappa shape index (κ2) is 8.09. The third-order valence-corrected chi connectivity index (χ3v) is 5.11. The van der Waals surface area contributed by atoms with Gasteiger partial charge < -0.3 is 14.6 Å². The summed E-state index contributed by atoms with van der Waals surface area (Å²) in [6.45, 7) is 9.12. The van der Waals surface area contributed by atoms with E-state index in [-0.39, 0.29) is 41.1 Å². The summed E-state index contributed by atoms with van der Waals surface area (Å²) in [7, 11) is 0. The van der Waals surface area contributed by atoms with Crippen molar-refractivity contribution in [2.24, 2.45) is 5.92 Å². The van der Waals surface area contributed by atoms with Gasteiger partial charge in [0.15, 0.2) is 0 Å². The second-order valence-electron chi connectivity index (χ2n) is 7.84. The van der Waals surface area contributed by atoms with Crippen molar-refractivity contribution in [3.8, 4) is 0 Å². The number of carbonyl (C=O) groups is 1. The van der Waals surface area contributed by atoms with Gasteiger partial charge >= 0.3 is 0 Å². The lowest BCUT2D eigenvalue weighted by atomic mass is 10.0. The first-order chi connectivity index (χ1) is 12.9. The summed E-state index contributed by atoms with van der Waals surface area (Å²) in [6, 6.07) is 13.4. The highest BCUT2D eigenvalue weighted by atomic mass is 16.5. The number of pyridine rings is 1. The normalized spacial score (nSPS) is 20.3. The van der Waals surface area contributed by atoms with Gasteiger partial charge in [0.25, 0.3) is 11.5 Å². The summed E-state index contributed by atoms with van der Waals surface area (Å²) in [5.74, 6) is 0.243. The van der Waals surface area contributed by atoms with Crippen LogP contribution in [0.25, 0.3) is 0 Å². The van der Waals surface area contributed by atoms with Crippen molar-refractivity contribution >= 4 is 5.91 Å². The van der Waals surface area contributed by atoms with Crippen molar-refractivity contribution in [1.29, 1.82) is 0 Å². The van der Waals surface area contributed by atoms with Gasteiger partial charge in [-0.3, -0.25) is 9.59 Å². The fourth-order valence-corrected chi connectivity index (χ4v) is 3.34. The molecule has 0 spiro atoms. The summed E-state index contributed by atoms with van der Waals surface area (Å²) in [5.41, 5.74) is 1.75. The number of hydrogen-bond acceptors (Lipinski definition) is 3. The van der Waals surface area contributed by atoms with Gasteiger partial charge in [0.05, 0.1) is 12.6 Å². The Morgan fingerprint density at radius 3 is 2.37 bits per heavy atom. The van der Waals surface area contributed by atoms with Crippen molar-refractivity contribution in [3.63, 3.8) is 0 Å². The predicted octanol–water partition coefficient (Wildman–Crippen LogP) is 3.74. The molecule has 3 rings (SSSR count). The number of ether oxygens (including phenoxy) is 1. The molecule has 1 aliphatic rings. The van der Waals surface area contributed by atoms with Crippen molar-refractivity contribution in [2.45, 2.75) is 45.8 Å². The average Bonchev–Trinajstić information content (AvgIpc) is 2.67. The first-order valence-corrected chi connectivity index (χ1v) is 9.59. The Morgan fingerprint density at radius 1 is 1.07 bits per heavy atom. The number of nitrogens with one attached hydrogen (secondary N) is 1. The molecule has 1 aromatic carbocycles. The van der Waals surface area contributed by atoms with Crippen LogP contribution in [-0.4, -0.2) is 35.0 Å². The number of nitrogens with zero attached hydrogens (tertiary/aromatic N) is 1. The number of amides is 1. The highest BCUT2D eigenvalue weighted by molar-refractivity contribution is 5.94. The van der Waals surface area contributed by atoms with E-state index in [0.717, 1.165) is 11.3 Å². The first-order valence-electron chi connectivity index (χ1n) is 9.59. The quantitative estimate of drug-likeness (QED) is 0.894. The highest BCUT2D eigenvalue weighted by Gasteiger charge is 2.34. The number of benzene rings is 1. The first kappa shape index (κ1) is 19.4. The van der Waals surface area contributed by atoms with Crippen LogP contribution in [0.15, 0.2) is 47.3 Å². The zero-order valence-electron chi connectivity index (χ0n) is 16.4. The monoisotopic (exact) mass is 368 g/mol. The minimum atomic E-state index is -0.324. The summed E-state index contributed by atoms with van der Waals surface area (Å²) in [4.78, 5) is 30.2. The predicted molar refractivity (Wildman–Crippen MR) is 106 cm³/mol. The van der Waals surface area contributed by atoms with E-state index < -0.39 is 0 Å². The number of hydrogen-bond donors (Lipinski definition) is 1. The smallest absolute Gasteiger partial charge is 0.261 e. The average molecular weight is 368 g/mol. The molecule has 5 nitrogen and oxygen atoms in total. The SMILES string of the molecule is CC(C)c1ccc(C(=O)N2C[C@@H](c3ccccc3)O[C@@H](C(C)C)C2)c(=O)[nH]1. The Balaban J connectivity index is 1.87. The van der Waals surface area contributed by atoms with Crippen LogP contribution >= 0.6 is 0 Å². The summed E-state index contributed by atoms with van der Waals surface area (Å²) < 4.78 is 6.25. The van der Waals surface area contributed by atoms with Crippen molar-refractivity contribution in [3.05, 3.63) is 69.6 Å². The molecule has 2 aromatic rings. The van der Waals surface area contributed by atoms with Gasteiger partial charge in [-0.2, -0.15) is 0 Å². The molecule has 2 atom stereocenters. The molecule has 1 aromatic heterocycles. The molecule has 1 aliphatic heterocycles. The summed E-state index contributed by atoms with van der Waals surface area (Å²) >= 11 is 0. The van der Waals surface area contributed by atoms with E-state index in [9.17, 15) is 9.59 Å². The molecule has 0 radical (unpaired) electrons. The maximum Gasteiger partial charge on any atom is 0.261 e. The van der Waals surface area contributed by atoms with Crippen LogP contribution in [0.2, 0.25) is 0 Å². The Labute approximate surface area is 160 Å². The summed E-state index contributed by atoms with van der Waals surface area (Å²) in [5, 5.41) is 0. The lowest BCUT2D eigenvalue weighted by Gasteiger charge is -2.40. The van der Waals surface area contributed by atoms with Crippen molar-refractivity contribution < 1.29 is 9.53 Å². The standard InChI is InChI=1S/C22H28N2O3/c1-14(2)18-11-10-17(21(25)23-18)22(26)24-12-19(15(3)4)27-20(13-24)16-8-6-5-7-9-16/h5-11,14-15,19-20H,12-13H2,1-4H3,(H,23,25)/t19-,20+/m1/s1. The molecule has 0 unspecified atom stereocenters. The molecule has 1 N–H and O–H groups in total. The van der Waals surface area contributed by atoms with Crippen LogP contribution in [0, 0.1) is 5.92 Å². The number of carbonyl (C=O) groups excluding carboxylic acids is 1. The zero-order valence-corrected chi connectivity index (χ0v) is 16.4. The lowest BCUT2D eigenvalue weighted by Crippen LogP contribution is -2.49. The number of morpholine rings is 1. The minimum absolute atomic E-state index is 0.0677. The number of H-pyrrole nitrogens is 1. The van der Waals surface area contributed by atoms with Gasteiger partial charge in [0.2, 0.25) is 0 Å². The van der Waals surface area contributed by atoms with Gasteiger partial charge in [-0.1, -0.05) is 58.0 Å². The van der Waals surface area contributed by atoms with Gasteiger partial charge in [-0.05, 0) is 29.5 Å². The third kappa shape index (κ3) is 4.30. The van der Waals surface area contributed by atoms with Gasteiger partial charge in [0, 0.05) is 12.2 Å². The molecule has 27 heavy (non-hydrogen) atoms. The van der Waals surface area contributed by atoms with Crippen LogP contribution in [0.4, 0.5) is 0 Å². The Hall–Kier alpha value is -2.40. The minimum Gasteiger partial charge on any atom is -0.366 e. The molecule has 1 amide bonds. The Bertz CT molecular complexity index is 842. The van der Waals surface area contributed by atoms with Gasteiger partial charge in [-0.25, -0.2) is 0 Å². The second-order valence-corrected chi connectivity index (χ2v) is 7.84. The maximum atomic E-state index is 13.1. The van der Waals surface area contributed by atoms with Crippen LogP contribution < -0.4 is 5.56 Å². The van der Waals surface area contributed by atoms with Crippen LogP contribution in [-0.2, 0) is 4.74 Å². The topological polar surface area (TPSA) is 62.4 Å². The molecule has 0 saturated carbocycles. The van der Waals surface area contributed by atoms with E-state index in [2.05, 4.69) is 18.8 Å². The molecule has 2 heterocycles. The fraction of sp³-hybridized carbons (Fsp3) is 0.455. The number of rotatable bonds is 4. The van der Waals surface area contributed by atoms with E-state index in [4.69, 9.17) is 4.74 Å². The van der Waals surface area contributed by atoms with Crippen LogP contribution in [0.3, 0.4) is 0 Å². The molecular formula is C22H28N2O3. The third-order valence-electron chi connectivity index (χ3n) is 5.11. The van der Waals surface area contributed by atoms with Crippen molar-refractivity contribution in [2.75, 3.05) is 13.1 Å². The highest BCUT2D eigenvalue weighted by Crippen LogP contribution is 2.28. The molecule has 5 heteroatoms. The molecule has 144 valence electrons. The van der Waals surface area contributed by atoms with Gasteiger partial charge in [-0.15, -0.1) is 0 Å². The van der Waals surface area contributed by atoms with E-state index in [1.807, 2.05) is 50.2 Å². The fourth-order valence-electron chi connectivity index (χ4n) is 3.34. The maximum absolute atomic E-state index is 13.1. The lowest BCUT2D eigenvalue weighted by molar-refractivity contribution is -0.0954. The van der Waals surface area contributed by atoms with Crippen LogP contribution in [0.1, 0.15) is 61.3 Å². The zero-order chi connectivity index (χ0) is 19.6. The Kier molecular flexibility index (Phi) is 5.80. The Morgan fingerprint density at radius 2 is 1.78 bits per heavy atom. The van der Waals surface area contributed by atoms with Gasteiger partial charge in [0.1, 0.15) is 11.7 Å². The van der Waals surface area contributed by atoms with Crippen LogP contribution in [0.5, 0.6) is 0 Å². The van der Waals surface area contributed by atoms with E-state index in [1.165, 1.54) is 0 Å². The van der Waals surface area contributed by atoms with E-state index in [1.54, 1.807) is 11.0 Å². The molecule has 0 bridgehead atoms. The molecule has 1 saturated heterocycles. The summed E-state index contributed by atoms with van der Waals surface area (Å²) in [6.07, 6.45) is -0.257. The van der Waals surface area contributed by atoms with E-state index in [0.29, 0.717) is 13.1 Å². The molecule has 0 aliphatic carbocycles. The molecular weight excluding hydrogens is 340 g/mol. The number of aromatic nitrogens is 1. The largest absolute Gasteiger partial charge is 0.366 e. The molecule has 1 fully saturated rings.